The van der Waals surface area contributed by atoms with E-state index in [-0.39, 0.29) is 11.9 Å². The van der Waals surface area contributed by atoms with Gasteiger partial charge in [-0.2, -0.15) is 0 Å². The van der Waals surface area contributed by atoms with Gasteiger partial charge in [-0.3, -0.25) is 4.79 Å². The predicted octanol–water partition coefficient (Wildman–Crippen LogP) is 2.21. The molecule has 1 aliphatic rings. The highest BCUT2D eigenvalue weighted by Gasteiger charge is 2.28. The second-order valence-electron chi connectivity index (χ2n) is 6.16. The molecule has 0 bridgehead atoms. The van der Waals surface area contributed by atoms with E-state index >= 15 is 0 Å². The maximum Gasteiger partial charge on any atom is 0.237 e. The number of hydrogen-bond acceptors (Lipinski definition) is 4. The highest BCUT2D eigenvalue weighted by Crippen LogP contribution is 2.17. The molecule has 1 amide bonds. The number of benzene rings is 2. The van der Waals surface area contributed by atoms with Gasteiger partial charge >= 0.3 is 0 Å². The predicted molar refractivity (Wildman–Crippen MR) is 96.3 cm³/mol. The van der Waals surface area contributed by atoms with Crippen LogP contribution >= 0.6 is 0 Å². The summed E-state index contributed by atoms with van der Waals surface area (Å²) in [6.45, 7) is 2.75. The zero-order valence-electron chi connectivity index (χ0n) is 14.5. The molecular formula is C20H24N2O3. The largest absolute Gasteiger partial charge is 0.497 e. The van der Waals surface area contributed by atoms with Gasteiger partial charge in [-0.1, -0.05) is 42.5 Å². The summed E-state index contributed by atoms with van der Waals surface area (Å²) < 4.78 is 11.1. The van der Waals surface area contributed by atoms with Crippen molar-refractivity contribution in [3.63, 3.8) is 0 Å². The Balaban J connectivity index is 1.61. The van der Waals surface area contributed by atoms with Crippen molar-refractivity contribution in [2.45, 2.75) is 19.2 Å². The fourth-order valence-electron chi connectivity index (χ4n) is 2.98. The minimum atomic E-state index is 0.0242. The summed E-state index contributed by atoms with van der Waals surface area (Å²) in [6, 6.07) is 17.9. The third-order valence-corrected chi connectivity index (χ3v) is 4.33. The van der Waals surface area contributed by atoms with Gasteiger partial charge in [0.1, 0.15) is 5.75 Å². The topological polar surface area (TPSA) is 50.8 Å². The molecule has 3 rings (SSSR count). The SMILES string of the molecule is COc1cccc(CN2C(=O)CNC[C@@H]2COCc2ccccc2)c1. The number of nitrogens with one attached hydrogen (secondary N) is 1. The number of carbonyl (C=O) groups is 1. The molecule has 1 aliphatic heterocycles. The van der Waals surface area contributed by atoms with Gasteiger partial charge in [0.2, 0.25) is 5.91 Å². The van der Waals surface area contributed by atoms with Gasteiger partial charge in [0, 0.05) is 13.1 Å². The number of methoxy groups -OCH3 is 1. The number of rotatable bonds is 7. The second-order valence-corrected chi connectivity index (χ2v) is 6.16. The fraction of sp³-hybridized carbons (Fsp3) is 0.350. The molecule has 5 heteroatoms. The molecule has 1 fully saturated rings. The number of carbonyl (C=O) groups excluding carboxylic acids is 1. The number of hydrogen-bond donors (Lipinski definition) is 1. The van der Waals surface area contributed by atoms with Gasteiger partial charge in [0.25, 0.3) is 0 Å². The van der Waals surface area contributed by atoms with Crippen molar-refractivity contribution in [3.8, 4) is 5.75 Å². The van der Waals surface area contributed by atoms with Crippen molar-refractivity contribution in [1.29, 1.82) is 0 Å². The van der Waals surface area contributed by atoms with Gasteiger partial charge in [-0.05, 0) is 23.3 Å². The Morgan fingerprint density at radius 3 is 2.72 bits per heavy atom. The average molecular weight is 340 g/mol. The van der Waals surface area contributed by atoms with Crippen LogP contribution in [0.3, 0.4) is 0 Å². The molecule has 1 N–H and O–H groups in total. The molecule has 0 unspecified atom stereocenters. The van der Waals surface area contributed by atoms with Crippen molar-refractivity contribution >= 4 is 5.91 Å². The van der Waals surface area contributed by atoms with Crippen molar-refractivity contribution in [2.75, 3.05) is 26.8 Å². The van der Waals surface area contributed by atoms with E-state index in [1.807, 2.05) is 59.5 Å². The lowest BCUT2D eigenvalue weighted by atomic mass is 10.1. The summed E-state index contributed by atoms with van der Waals surface area (Å²) in [5.74, 6) is 0.902. The smallest absolute Gasteiger partial charge is 0.237 e. The van der Waals surface area contributed by atoms with Gasteiger partial charge < -0.3 is 19.7 Å². The van der Waals surface area contributed by atoms with Gasteiger partial charge in [-0.15, -0.1) is 0 Å². The highest BCUT2D eigenvalue weighted by molar-refractivity contribution is 5.79. The first-order valence-corrected chi connectivity index (χ1v) is 8.51. The van der Waals surface area contributed by atoms with Crippen molar-refractivity contribution in [2.24, 2.45) is 0 Å². The Kier molecular flexibility index (Phi) is 6.04. The van der Waals surface area contributed by atoms with E-state index in [4.69, 9.17) is 9.47 Å². The zero-order valence-corrected chi connectivity index (χ0v) is 14.5. The van der Waals surface area contributed by atoms with Crippen LogP contribution in [0.4, 0.5) is 0 Å². The first kappa shape index (κ1) is 17.5. The Labute approximate surface area is 148 Å². The van der Waals surface area contributed by atoms with Crippen molar-refractivity contribution in [1.82, 2.24) is 10.2 Å². The minimum Gasteiger partial charge on any atom is -0.497 e. The molecular weight excluding hydrogens is 316 g/mol. The molecule has 2 aromatic rings. The molecule has 1 heterocycles. The van der Waals surface area contributed by atoms with Crippen LogP contribution in [0.1, 0.15) is 11.1 Å². The maximum atomic E-state index is 12.4. The Morgan fingerprint density at radius 2 is 1.92 bits per heavy atom. The lowest BCUT2D eigenvalue weighted by Crippen LogP contribution is -2.56. The molecule has 5 nitrogen and oxygen atoms in total. The van der Waals surface area contributed by atoms with Crippen molar-refractivity contribution in [3.05, 3.63) is 65.7 Å². The van der Waals surface area contributed by atoms with Crippen molar-refractivity contribution < 1.29 is 14.3 Å². The molecule has 1 atom stereocenters. The monoisotopic (exact) mass is 340 g/mol. The summed E-state index contributed by atoms with van der Waals surface area (Å²) in [7, 11) is 1.65. The Hall–Kier alpha value is -2.37. The summed E-state index contributed by atoms with van der Waals surface area (Å²) in [5.41, 5.74) is 2.19. The van der Waals surface area contributed by atoms with E-state index in [1.165, 1.54) is 0 Å². The number of piperazine rings is 1. The van der Waals surface area contributed by atoms with Crippen LogP contribution in [0.15, 0.2) is 54.6 Å². The second kappa shape index (κ2) is 8.65. The molecule has 0 aliphatic carbocycles. The normalized spacial score (nSPS) is 17.6. The number of ether oxygens (including phenoxy) is 2. The van der Waals surface area contributed by atoms with Crippen LogP contribution < -0.4 is 10.1 Å². The number of amides is 1. The van der Waals surface area contributed by atoms with E-state index in [1.54, 1.807) is 7.11 Å². The average Bonchev–Trinajstić information content (AvgIpc) is 2.65. The molecule has 2 aromatic carbocycles. The zero-order chi connectivity index (χ0) is 17.5. The first-order valence-electron chi connectivity index (χ1n) is 8.51. The maximum absolute atomic E-state index is 12.4. The van der Waals surface area contributed by atoms with E-state index in [0.717, 1.165) is 23.4 Å². The third kappa shape index (κ3) is 4.81. The molecule has 1 saturated heterocycles. The van der Waals surface area contributed by atoms with E-state index in [0.29, 0.717) is 26.3 Å². The molecule has 0 saturated carbocycles. The van der Waals surface area contributed by atoms with E-state index in [9.17, 15) is 4.79 Å². The first-order chi connectivity index (χ1) is 12.3. The molecule has 0 aromatic heterocycles. The molecule has 132 valence electrons. The summed E-state index contributed by atoms with van der Waals surface area (Å²) >= 11 is 0. The summed E-state index contributed by atoms with van der Waals surface area (Å²) in [6.07, 6.45) is 0. The van der Waals surface area contributed by atoms with Gasteiger partial charge in [0.05, 0.1) is 32.9 Å². The number of nitrogens with zero attached hydrogens (tertiary/aromatic N) is 1. The van der Waals surface area contributed by atoms with Gasteiger partial charge in [0.15, 0.2) is 0 Å². The lowest BCUT2D eigenvalue weighted by Gasteiger charge is -2.36. The minimum absolute atomic E-state index is 0.0242. The third-order valence-electron chi connectivity index (χ3n) is 4.33. The van der Waals surface area contributed by atoms with Crippen LogP contribution in [0.5, 0.6) is 5.75 Å². The van der Waals surface area contributed by atoms with E-state index < -0.39 is 0 Å². The summed E-state index contributed by atoms with van der Waals surface area (Å²) in [4.78, 5) is 14.3. The quantitative estimate of drug-likeness (QED) is 0.840. The van der Waals surface area contributed by atoms with Gasteiger partial charge in [-0.25, -0.2) is 0 Å². The molecule has 25 heavy (non-hydrogen) atoms. The standard InChI is InChI=1S/C20H24N2O3/c1-24-19-9-5-8-17(10-19)13-22-18(11-21-12-20(22)23)15-25-14-16-6-3-2-4-7-16/h2-10,18,21H,11-15H2,1H3/t18-/m1/s1. The van der Waals surface area contributed by atoms with Crippen LogP contribution in [0, 0.1) is 0 Å². The van der Waals surface area contributed by atoms with Crippen LogP contribution in [0.2, 0.25) is 0 Å². The van der Waals surface area contributed by atoms with Crippen LogP contribution in [-0.2, 0) is 22.7 Å². The fourth-order valence-corrected chi connectivity index (χ4v) is 2.98. The molecule has 0 spiro atoms. The summed E-state index contributed by atoms with van der Waals surface area (Å²) in [5, 5.41) is 3.18. The van der Waals surface area contributed by atoms with Crippen LogP contribution in [0.25, 0.3) is 0 Å². The Bertz CT molecular complexity index is 690. The van der Waals surface area contributed by atoms with E-state index in [2.05, 4.69) is 5.32 Å². The molecule has 0 radical (unpaired) electrons. The lowest BCUT2D eigenvalue weighted by molar-refractivity contribution is -0.137. The highest BCUT2D eigenvalue weighted by atomic mass is 16.5. The Morgan fingerprint density at radius 1 is 1.12 bits per heavy atom. The van der Waals surface area contributed by atoms with Crippen LogP contribution in [-0.4, -0.2) is 43.7 Å².